The molecule has 0 aliphatic heterocycles. The van der Waals surface area contributed by atoms with Crippen molar-refractivity contribution in [3.8, 4) is 28.6 Å². The smallest absolute Gasteiger partial charge is 0.252 e. The lowest BCUT2D eigenvalue weighted by Gasteiger charge is -2.14. The van der Waals surface area contributed by atoms with Crippen molar-refractivity contribution in [3.63, 3.8) is 0 Å². The fourth-order valence-corrected chi connectivity index (χ4v) is 3.46. The van der Waals surface area contributed by atoms with Crippen molar-refractivity contribution in [2.45, 2.75) is 0 Å². The molecule has 0 aliphatic rings. The minimum atomic E-state index is -0.597. The highest BCUT2D eigenvalue weighted by molar-refractivity contribution is 6.01. The Kier molecular flexibility index (Phi) is 4.75. The molecule has 0 saturated heterocycles. The molecule has 3 heterocycles. The van der Waals surface area contributed by atoms with E-state index in [9.17, 15) is 4.79 Å². The second-order valence-electron chi connectivity index (χ2n) is 6.93. The van der Waals surface area contributed by atoms with E-state index < -0.39 is 5.91 Å². The van der Waals surface area contributed by atoms with Gasteiger partial charge in [-0.15, -0.1) is 0 Å². The third-order valence-electron chi connectivity index (χ3n) is 4.93. The first-order chi connectivity index (χ1) is 15.6. The number of hydrogen-bond donors (Lipinski definition) is 1. The maximum atomic E-state index is 11.9. The summed E-state index contributed by atoms with van der Waals surface area (Å²) in [5.74, 6) is 0.841. The van der Waals surface area contributed by atoms with Gasteiger partial charge in [0.15, 0.2) is 0 Å². The monoisotopic (exact) mass is 426 g/mol. The molecule has 0 saturated carbocycles. The van der Waals surface area contributed by atoms with Crippen LogP contribution in [0.25, 0.3) is 22.3 Å². The fourth-order valence-electron chi connectivity index (χ4n) is 3.46. The highest BCUT2D eigenvalue weighted by Crippen LogP contribution is 2.34. The van der Waals surface area contributed by atoms with Crippen LogP contribution in [-0.4, -0.2) is 37.6 Å². The van der Waals surface area contributed by atoms with Gasteiger partial charge >= 0.3 is 0 Å². The Labute approximate surface area is 182 Å². The number of amides is 1. The molecule has 0 atom stereocenters. The van der Waals surface area contributed by atoms with Crippen LogP contribution in [-0.2, 0) is 0 Å². The Balaban J connectivity index is 1.63. The molecule has 5 aromatic rings. The van der Waals surface area contributed by atoms with Crippen molar-refractivity contribution < 1.29 is 14.3 Å². The van der Waals surface area contributed by atoms with Crippen molar-refractivity contribution >= 4 is 16.8 Å². The van der Waals surface area contributed by atoms with Gasteiger partial charge in [-0.1, -0.05) is 0 Å². The lowest BCUT2D eigenvalue weighted by Crippen LogP contribution is -2.12. The Hall–Kier alpha value is -4.66. The van der Waals surface area contributed by atoms with Gasteiger partial charge in [0.05, 0.1) is 29.6 Å². The third-order valence-corrected chi connectivity index (χ3v) is 4.93. The van der Waals surface area contributed by atoms with Crippen LogP contribution in [0, 0.1) is 0 Å². The van der Waals surface area contributed by atoms with Crippen LogP contribution in [0.4, 0.5) is 0 Å². The van der Waals surface area contributed by atoms with Crippen molar-refractivity contribution in [1.29, 1.82) is 0 Å². The summed E-state index contributed by atoms with van der Waals surface area (Å²) >= 11 is 0. The summed E-state index contributed by atoms with van der Waals surface area (Å²) in [4.78, 5) is 16.3. The summed E-state index contributed by atoms with van der Waals surface area (Å²) < 4.78 is 15.0. The predicted octanol–water partition coefficient (Wildman–Crippen LogP) is 3.51. The van der Waals surface area contributed by atoms with E-state index in [1.807, 2.05) is 42.7 Å². The largest absolute Gasteiger partial charge is 0.496 e. The number of aromatic nitrogens is 5. The fraction of sp³-hybridized carbons (Fsp3) is 0.0435. The summed E-state index contributed by atoms with van der Waals surface area (Å²) in [7, 11) is 1.48. The molecule has 2 aromatic carbocycles. The van der Waals surface area contributed by atoms with Gasteiger partial charge in [0, 0.05) is 54.6 Å². The van der Waals surface area contributed by atoms with Crippen molar-refractivity contribution in [1.82, 2.24) is 24.5 Å². The topological polar surface area (TPSA) is 110 Å². The molecule has 158 valence electrons. The Bertz CT molecular complexity index is 1360. The zero-order valence-electron chi connectivity index (χ0n) is 17.0. The molecule has 2 N–H and O–H groups in total. The van der Waals surface area contributed by atoms with E-state index in [0.29, 0.717) is 28.2 Å². The average Bonchev–Trinajstić information content (AvgIpc) is 3.52. The molecule has 1 amide bonds. The minimum absolute atomic E-state index is 0.250. The van der Waals surface area contributed by atoms with Gasteiger partial charge in [-0.2, -0.15) is 10.2 Å². The van der Waals surface area contributed by atoms with E-state index in [4.69, 9.17) is 15.2 Å². The first-order valence-electron chi connectivity index (χ1n) is 9.72. The number of rotatable bonds is 6. The molecule has 0 spiro atoms. The Morgan fingerprint density at radius 1 is 0.906 bits per heavy atom. The second kappa shape index (κ2) is 7.88. The highest BCUT2D eigenvalue weighted by atomic mass is 16.5. The van der Waals surface area contributed by atoms with E-state index in [0.717, 1.165) is 11.4 Å². The number of benzene rings is 2. The number of nitrogens with two attached hydrogens (primary N) is 1. The van der Waals surface area contributed by atoms with Gasteiger partial charge in [-0.25, -0.2) is 9.36 Å². The normalized spacial score (nSPS) is 10.9. The average molecular weight is 426 g/mol. The maximum Gasteiger partial charge on any atom is 0.252 e. The van der Waals surface area contributed by atoms with Crippen LogP contribution >= 0.6 is 0 Å². The van der Waals surface area contributed by atoms with Crippen LogP contribution in [0.3, 0.4) is 0 Å². The Morgan fingerprint density at radius 2 is 1.59 bits per heavy atom. The summed E-state index contributed by atoms with van der Waals surface area (Å²) in [6.07, 6.45) is 8.73. The molecule has 3 aromatic heterocycles. The van der Waals surface area contributed by atoms with Crippen molar-refractivity contribution in [2.75, 3.05) is 7.11 Å². The molecule has 5 rings (SSSR count). The zero-order valence-corrected chi connectivity index (χ0v) is 17.0. The number of nitrogens with zero attached hydrogens (tertiary/aromatic N) is 5. The van der Waals surface area contributed by atoms with E-state index in [2.05, 4.69) is 15.2 Å². The van der Waals surface area contributed by atoms with Gasteiger partial charge in [-0.3, -0.25) is 9.78 Å². The van der Waals surface area contributed by atoms with Crippen LogP contribution in [0.15, 0.2) is 79.5 Å². The van der Waals surface area contributed by atoms with Crippen LogP contribution in [0.5, 0.6) is 17.2 Å². The molecule has 0 fully saturated rings. The molecule has 9 heteroatoms. The standard InChI is InChI=1S/C23H18N6O3/c1-31-22-14-20-18(13-19(22)23(24)30)21(4-7-25-20)32-17-11-15(28-8-2-5-26-28)10-16(12-17)29-9-3-6-27-29/h2-14H,1H3,(H2,24,30). The zero-order chi connectivity index (χ0) is 22.1. The van der Waals surface area contributed by atoms with Gasteiger partial charge in [0.2, 0.25) is 0 Å². The van der Waals surface area contributed by atoms with Gasteiger partial charge in [0.25, 0.3) is 5.91 Å². The number of fused-ring (bicyclic) bond motifs is 1. The van der Waals surface area contributed by atoms with Crippen molar-refractivity contribution in [2.24, 2.45) is 5.73 Å². The maximum absolute atomic E-state index is 11.9. The van der Waals surface area contributed by atoms with Gasteiger partial charge in [0.1, 0.15) is 17.2 Å². The molecular formula is C23H18N6O3. The number of primary amides is 1. The lowest BCUT2D eigenvalue weighted by molar-refractivity contribution is 0.0997. The summed E-state index contributed by atoms with van der Waals surface area (Å²) in [5.41, 5.74) is 8.00. The molecule has 0 radical (unpaired) electrons. The molecule has 0 unspecified atom stereocenters. The minimum Gasteiger partial charge on any atom is -0.496 e. The predicted molar refractivity (Wildman–Crippen MR) is 118 cm³/mol. The van der Waals surface area contributed by atoms with E-state index >= 15 is 0 Å². The summed E-state index contributed by atoms with van der Waals surface area (Å²) in [6, 6.07) is 14.4. The molecular weight excluding hydrogens is 408 g/mol. The second-order valence-corrected chi connectivity index (χ2v) is 6.93. The third kappa shape index (κ3) is 3.52. The van der Waals surface area contributed by atoms with Gasteiger partial charge in [-0.05, 0) is 30.3 Å². The van der Waals surface area contributed by atoms with Crippen LogP contribution < -0.4 is 15.2 Å². The number of methoxy groups -OCH3 is 1. The number of ether oxygens (including phenoxy) is 2. The SMILES string of the molecule is COc1cc2nccc(Oc3cc(-n4cccn4)cc(-n4cccn4)c3)c2cc1C(N)=O. The van der Waals surface area contributed by atoms with Crippen molar-refractivity contribution in [3.05, 3.63) is 85.1 Å². The molecule has 0 bridgehead atoms. The molecule has 0 aliphatic carbocycles. The first kappa shape index (κ1) is 19.3. The van der Waals surface area contributed by atoms with E-state index in [-0.39, 0.29) is 5.56 Å². The number of carbonyl (C=O) groups is 1. The number of hydrogen-bond acceptors (Lipinski definition) is 6. The van der Waals surface area contributed by atoms with E-state index in [1.165, 1.54) is 7.11 Å². The molecule has 32 heavy (non-hydrogen) atoms. The highest BCUT2D eigenvalue weighted by Gasteiger charge is 2.15. The molecule has 9 nitrogen and oxygen atoms in total. The number of pyridine rings is 1. The van der Waals surface area contributed by atoms with Gasteiger partial charge < -0.3 is 15.2 Å². The summed E-state index contributed by atoms with van der Waals surface area (Å²) in [5, 5.41) is 9.26. The lowest BCUT2D eigenvalue weighted by atomic mass is 10.1. The summed E-state index contributed by atoms with van der Waals surface area (Å²) in [6.45, 7) is 0. The first-order valence-corrected chi connectivity index (χ1v) is 9.72. The van der Waals surface area contributed by atoms with Crippen LogP contribution in [0.2, 0.25) is 0 Å². The number of carbonyl (C=O) groups excluding carboxylic acids is 1. The van der Waals surface area contributed by atoms with E-state index in [1.54, 1.807) is 46.2 Å². The van der Waals surface area contributed by atoms with Crippen LogP contribution in [0.1, 0.15) is 10.4 Å². The quantitative estimate of drug-likeness (QED) is 0.445. The Morgan fingerprint density at radius 3 is 2.16 bits per heavy atom.